The van der Waals surface area contributed by atoms with E-state index in [4.69, 9.17) is 0 Å². The number of rotatable bonds is 3. The maximum atomic E-state index is 12.3. The highest BCUT2D eigenvalue weighted by atomic mass is 32.2. The van der Waals surface area contributed by atoms with Gasteiger partial charge in [0.25, 0.3) is 5.91 Å². The van der Waals surface area contributed by atoms with Gasteiger partial charge in [-0.05, 0) is 25.0 Å². The van der Waals surface area contributed by atoms with Crippen LogP contribution in [0.25, 0.3) is 0 Å². The van der Waals surface area contributed by atoms with Gasteiger partial charge in [-0.2, -0.15) is 0 Å². The molecule has 0 spiro atoms. The fourth-order valence-corrected chi connectivity index (χ4v) is 3.12. The summed E-state index contributed by atoms with van der Waals surface area (Å²) in [5.74, 6) is -0.0411. The fourth-order valence-electron chi connectivity index (χ4n) is 2.32. The molecule has 1 aliphatic rings. The second kappa shape index (κ2) is 5.71. The van der Waals surface area contributed by atoms with Crippen molar-refractivity contribution < 1.29 is 13.2 Å². The number of carbonyl (C=O) groups excluding carboxylic acids is 1. The zero-order chi connectivity index (χ0) is 13.9. The molecule has 0 aliphatic carbocycles. The molecule has 1 atom stereocenters. The van der Waals surface area contributed by atoms with Crippen LogP contribution in [0, 0.1) is 0 Å². The molecule has 6 heteroatoms. The Hall–Kier alpha value is -1.40. The predicted molar refractivity (Wildman–Crippen MR) is 73.3 cm³/mol. The highest BCUT2D eigenvalue weighted by molar-refractivity contribution is 7.88. The number of benzene rings is 1. The van der Waals surface area contributed by atoms with Crippen molar-refractivity contribution in [3.63, 3.8) is 0 Å². The van der Waals surface area contributed by atoms with Crippen LogP contribution in [0.5, 0.6) is 0 Å². The molecule has 0 aromatic heterocycles. The lowest BCUT2D eigenvalue weighted by Gasteiger charge is -2.32. The van der Waals surface area contributed by atoms with Crippen LogP contribution in [0.2, 0.25) is 0 Å². The van der Waals surface area contributed by atoms with E-state index < -0.39 is 10.0 Å². The Balaban J connectivity index is 2.03. The van der Waals surface area contributed by atoms with Crippen LogP contribution in [0.15, 0.2) is 30.3 Å². The average molecular weight is 282 g/mol. The summed E-state index contributed by atoms with van der Waals surface area (Å²) in [5, 5.41) is 0. The molecule has 1 aliphatic heterocycles. The van der Waals surface area contributed by atoms with Crippen LogP contribution in [-0.2, 0) is 10.0 Å². The zero-order valence-electron chi connectivity index (χ0n) is 10.9. The number of carbonyl (C=O) groups is 1. The third-order valence-electron chi connectivity index (χ3n) is 3.11. The Morgan fingerprint density at radius 1 is 1.32 bits per heavy atom. The van der Waals surface area contributed by atoms with Crippen molar-refractivity contribution in [2.24, 2.45) is 0 Å². The van der Waals surface area contributed by atoms with Gasteiger partial charge >= 0.3 is 0 Å². The molecule has 0 saturated carbocycles. The lowest BCUT2D eigenvalue weighted by atomic mass is 10.1. The van der Waals surface area contributed by atoms with Crippen molar-refractivity contribution in [3.8, 4) is 0 Å². The summed E-state index contributed by atoms with van der Waals surface area (Å²) in [7, 11) is -3.23. The molecule has 1 heterocycles. The van der Waals surface area contributed by atoms with Crippen molar-refractivity contribution in [2.45, 2.75) is 18.9 Å². The van der Waals surface area contributed by atoms with E-state index in [0.717, 1.165) is 19.1 Å². The van der Waals surface area contributed by atoms with Gasteiger partial charge in [-0.25, -0.2) is 13.1 Å². The van der Waals surface area contributed by atoms with Gasteiger partial charge < -0.3 is 4.90 Å². The summed E-state index contributed by atoms with van der Waals surface area (Å²) >= 11 is 0. The van der Waals surface area contributed by atoms with Crippen molar-refractivity contribution in [2.75, 3.05) is 19.3 Å². The summed E-state index contributed by atoms with van der Waals surface area (Å²) in [6, 6.07) is 8.87. The van der Waals surface area contributed by atoms with E-state index in [9.17, 15) is 13.2 Å². The maximum absolute atomic E-state index is 12.3. The molecule has 1 fully saturated rings. The van der Waals surface area contributed by atoms with Crippen molar-refractivity contribution >= 4 is 15.9 Å². The van der Waals surface area contributed by atoms with Gasteiger partial charge in [0.2, 0.25) is 10.0 Å². The maximum Gasteiger partial charge on any atom is 0.253 e. The monoisotopic (exact) mass is 282 g/mol. The molecule has 0 radical (unpaired) electrons. The minimum absolute atomic E-state index is 0.0411. The van der Waals surface area contributed by atoms with Gasteiger partial charge in [0.05, 0.1) is 6.26 Å². The van der Waals surface area contributed by atoms with E-state index in [1.807, 2.05) is 18.2 Å². The highest BCUT2D eigenvalue weighted by Gasteiger charge is 2.25. The zero-order valence-corrected chi connectivity index (χ0v) is 11.7. The molecule has 19 heavy (non-hydrogen) atoms. The van der Waals surface area contributed by atoms with E-state index in [2.05, 4.69) is 4.72 Å². The normalized spacial score (nSPS) is 20.3. The number of sulfonamides is 1. The number of amides is 1. The molecule has 1 amide bonds. The smallest absolute Gasteiger partial charge is 0.253 e. The van der Waals surface area contributed by atoms with E-state index in [1.54, 1.807) is 17.0 Å². The minimum Gasteiger partial charge on any atom is -0.337 e. The number of nitrogens with zero attached hydrogens (tertiary/aromatic N) is 1. The first kappa shape index (κ1) is 14.0. The van der Waals surface area contributed by atoms with Crippen molar-refractivity contribution in [3.05, 3.63) is 35.9 Å². The van der Waals surface area contributed by atoms with Gasteiger partial charge in [0.1, 0.15) is 0 Å². The third-order valence-corrected chi connectivity index (χ3v) is 3.87. The molecule has 5 nitrogen and oxygen atoms in total. The van der Waals surface area contributed by atoms with Crippen LogP contribution in [0.3, 0.4) is 0 Å². The Bertz CT molecular complexity index is 542. The van der Waals surface area contributed by atoms with Crippen molar-refractivity contribution in [1.82, 2.24) is 9.62 Å². The molecule has 1 unspecified atom stereocenters. The summed E-state index contributed by atoms with van der Waals surface area (Å²) in [5.41, 5.74) is 0.641. The Morgan fingerprint density at radius 2 is 2.00 bits per heavy atom. The van der Waals surface area contributed by atoms with Gasteiger partial charge in [0, 0.05) is 24.7 Å². The van der Waals surface area contributed by atoms with Gasteiger partial charge in [0.15, 0.2) is 0 Å². The summed E-state index contributed by atoms with van der Waals surface area (Å²) in [6.45, 7) is 1.11. The first-order chi connectivity index (χ1) is 8.96. The quantitative estimate of drug-likeness (QED) is 0.893. The third kappa shape index (κ3) is 4.04. The second-order valence-corrected chi connectivity index (χ2v) is 6.63. The largest absolute Gasteiger partial charge is 0.337 e. The average Bonchev–Trinajstić information content (AvgIpc) is 2.37. The number of piperidine rings is 1. The molecule has 1 N–H and O–H groups in total. The molecule has 1 aromatic rings. The predicted octanol–water partition coefficient (Wildman–Crippen LogP) is 0.840. The van der Waals surface area contributed by atoms with E-state index >= 15 is 0 Å². The van der Waals surface area contributed by atoms with Crippen LogP contribution >= 0.6 is 0 Å². The molecule has 1 aromatic carbocycles. The van der Waals surface area contributed by atoms with Gasteiger partial charge in [-0.3, -0.25) is 4.79 Å². The molecular formula is C13H18N2O3S. The Kier molecular flexibility index (Phi) is 4.21. The second-order valence-electron chi connectivity index (χ2n) is 4.85. The van der Waals surface area contributed by atoms with E-state index in [0.29, 0.717) is 18.7 Å². The topological polar surface area (TPSA) is 66.5 Å². The molecule has 1 saturated heterocycles. The standard InChI is InChI=1S/C13H18N2O3S/c1-19(17,18)14-12-8-5-9-15(10-12)13(16)11-6-3-2-4-7-11/h2-4,6-7,12,14H,5,8-10H2,1H3. The lowest BCUT2D eigenvalue weighted by Crippen LogP contribution is -2.49. The summed E-state index contributed by atoms with van der Waals surface area (Å²) in [6.07, 6.45) is 2.72. The summed E-state index contributed by atoms with van der Waals surface area (Å²) < 4.78 is 25.0. The summed E-state index contributed by atoms with van der Waals surface area (Å²) in [4.78, 5) is 14.0. The number of likely N-dealkylation sites (tertiary alicyclic amines) is 1. The van der Waals surface area contributed by atoms with Gasteiger partial charge in [-0.1, -0.05) is 18.2 Å². The first-order valence-corrected chi connectivity index (χ1v) is 8.16. The molecule has 2 rings (SSSR count). The molecular weight excluding hydrogens is 264 g/mol. The van der Waals surface area contributed by atoms with E-state index in [-0.39, 0.29) is 11.9 Å². The SMILES string of the molecule is CS(=O)(=O)NC1CCCN(C(=O)c2ccccc2)C1. The number of hydrogen-bond acceptors (Lipinski definition) is 3. The lowest BCUT2D eigenvalue weighted by molar-refractivity contribution is 0.0703. The highest BCUT2D eigenvalue weighted by Crippen LogP contribution is 2.14. The van der Waals surface area contributed by atoms with Crippen LogP contribution in [0.4, 0.5) is 0 Å². The van der Waals surface area contributed by atoms with Crippen molar-refractivity contribution in [1.29, 1.82) is 0 Å². The molecule has 0 bridgehead atoms. The van der Waals surface area contributed by atoms with E-state index in [1.165, 1.54) is 0 Å². The number of hydrogen-bond donors (Lipinski definition) is 1. The Labute approximate surface area is 113 Å². The number of nitrogens with one attached hydrogen (secondary N) is 1. The van der Waals surface area contributed by atoms with Crippen LogP contribution in [0.1, 0.15) is 23.2 Å². The molecule has 104 valence electrons. The fraction of sp³-hybridized carbons (Fsp3) is 0.462. The Morgan fingerprint density at radius 3 is 2.63 bits per heavy atom. The van der Waals surface area contributed by atoms with Crippen LogP contribution in [-0.4, -0.2) is 44.6 Å². The van der Waals surface area contributed by atoms with Gasteiger partial charge in [-0.15, -0.1) is 0 Å². The first-order valence-electron chi connectivity index (χ1n) is 6.27. The minimum atomic E-state index is -3.23. The van der Waals surface area contributed by atoms with Crippen LogP contribution < -0.4 is 4.72 Å².